The fraction of sp³-hybridized carbons (Fsp3) is 0.444. The molecule has 0 unspecified atom stereocenters. The van der Waals surface area contributed by atoms with Crippen molar-refractivity contribution in [1.29, 1.82) is 0 Å². The summed E-state index contributed by atoms with van der Waals surface area (Å²) >= 11 is 0. The van der Waals surface area contributed by atoms with E-state index in [4.69, 9.17) is 5.73 Å². The van der Waals surface area contributed by atoms with Gasteiger partial charge in [-0.05, 0) is 0 Å². The smallest absolute Gasteiger partial charge is 0.181 e. The summed E-state index contributed by atoms with van der Waals surface area (Å²) in [6.45, 7) is 4.52. The topological polar surface area (TPSA) is 58.9 Å². The highest BCUT2D eigenvalue weighted by atomic mass is 16.1. The fourth-order valence-corrected chi connectivity index (χ4v) is 0.946. The molecule has 0 saturated heterocycles. The van der Waals surface area contributed by atoms with Crippen LogP contribution in [0, 0.1) is 0 Å². The maximum absolute atomic E-state index is 11.0. The number of H-pyrrole nitrogens is 1. The third kappa shape index (κ3) is 1.74. The van der Waals surface area contributed by atoms with Gasteiger partial charge >= 0.3 is 0 Å². The van der Waals surface area contributed by atoms with E-state index in [1.807, 2.05) is 13.8 Å². The Morgan fingerprint density at radius 1 is 1.58 bits per heavy atom. The van der Waals surface area contributed by atoms with E-state index in [1.54, 1.807) is 12.3 Å². The highest BCUT2D eigenvalue weighted by molar-refractivity contribution is 5.14. The van der Waals surface area contributed by atoms with Gasteiger partial charge in [-0.1, -0.05) is 13.8 Å². The van der Waals surface area contributed by atoms with Gasteiger partial charge in [0, 0.05) is 36.0 Å². The van der Waals surface area contributed by atoms with E-state index >= 15 is 0 Å². The summed E-state index contributed by atoms with van der Waals surface area (Å²) in [7, 11) is 0. The minimum Gasteiger partial charge on any atom is -0.364 e. The molecular formula is C9H14N2O. The molecule has 0 atom stereocenters. The van der Waals surface area contributed by atoms with Crippen molar-refractivity contribution in [2.24, 2.45) is 5.73 Å². The Morgan fingerprint density at radius 3 is 2.75 bits per heavy atom. The van der Waals surface area contributed by atoms with E-state index in [9.17, 15) is 4.79 Å². The molecule has 1 heterocycles. The number of hydrogen-bond acceptors (Lipinski definition) is 2. The molecule has 0 bridgehead atoms. The number of nitrogens with one attached hydrogen (secondary N) is 1. The zero-order valence-corrected chi connectivity index (χ0v) is 7.42. The SMILES string of the molecule is CC(C)(CN)c1cc(=O)cc[nH]1. The largest absolute Gasteiger partial charge is 0.364 e. The van der Waals surface area contributed by atoms with E-state index in [-0.39, 0.29) is 10.8 Å². The van der Waals surface area contributed by atoms with Crippen LogP contribution in [0.4, 0.5) is 0 Å². The van der Waals surface area contributed by atoms with E-state index in [1.165, 1.54) is 6.07 Å². The predicted octanol–water partition coefficient (Wildman–Crippen LogP) is 0.611. The number of aromatic amines is 1. The van der Waals surface area contributed by atoms with Crippen molar-refractivity contribution in [1.82, 2.24) is 4.98 Å². The molecule has 0 aliphatic rings. The normalized spacial score (nSPS) is 11.6. The van der Waals surface area contributed by atoms with E-state index in [0.29, 0.717) is 6.54 Å². The van der Waals surface area contributed by atoms with E-state index < -0.39 is 0 Å². The quantitative estimate of drug-likeness (QED) is 0.676. The van der Waals surface area contributed by atoms with Gasteiger partial charge in [-0.25, -0.2) is 0 Å². The highest BCUT2D eigenvalue weighted by Crippen LogP contribution is 2.16. The standard InChI is InChI=1S/C9H14N2O/c1-9(2,6-10)8-5-7(12)3-4-11-8/h3-5H,6,10H2,1-2H3,(H,11,12). The average Bonchev–Trinajstić information content (AvgIpc) is 2.05. The van der Waals surface area contributed by atoms with Crippen LogP contribution < -0.4 is 11.2 Å². The molecular weight excluding hydrogens is 152 g/mol. The van der Waals surface area contributed by atoms with Gasteiger partial charge in [0.25, 0.3) is 0 Å². The zero-order valence-electron chi connectivity index (χ0n) is 7.42. The van der Waals surface area contributed by atoms with Crippen LogP contribution in [0.2, 0.25) is 0 Å². The first kappa shape index (κ1) is 9.00. The van der Waals surface area contributed by atoms with Crippen molar-refractivity contribution in [2.75, 3.05) is 6.54 Å². The fourth-order valence-electron chi connectivity index (χ4n) is 0.946. The van der Waals surface area contributed by atoms with Crippen LogP contribution in [0.3, 0.4) is 0 Å². The van der Waals surface area contributed by atoms with Crippen LogP contribution in [-0.2, 0) is 5.41 Å². The Morgan fingerprint density at radius 2 is 2.25 bits per heavy atom. The third-order valence-electron chi connectivity index (χ3n) is 2.01. The third-order valence-corrected chi connectivity index (χ3v) is 2.01. The van der Waals surface area contributed by atoms with Crippen molar-refractivity contribution >= 4 is 0 Å². The van der Waals surface area contributed by atoms with E-state index in [0.717, 1.165) is 5.69 Å². The van der Waals surface area contributed by atoms with Crippen molar-refractivity contribution in [3.05, 3.63) is 34.2 Å². The molecule has 0 spiro atoms. The zero-order chi connectivity index (χ0) is 9.19. The number of nitrogens with two attached hydrogens (primary N) is 1. The van der Waals surface area contributed by atoms with Gasteiger partial charge in [0.2, 0.25) is 0 Å². The molecule has 3 N–H and O–H groups in total. The molecule has 1 aromatic rings. The van der Waals surface area contributed by atoms with Gasteiger partial charge in [0.15, 0.2) is 5.43 Å². The number of pyridine rings is 1. The van der Waals surface area contributed by atoms with Crippen molar-refractivity contribution in [3.8, 4) is 0 Å². The second-order valence-corrected chi connectivity index (χ2v) is 3.53. The number of aromatic nitrogens is 1. The summed E-state index contributed by atoms with van der Waals surface area (Å²) in [4.78, 5) is 14.0. The second kappa shape index (κ2) is 3.11. The molecule has 1 aromatic heterocycles. The first-order valence-corrected chi connectivity index (χ1v) is 3.95. The molecule has 0 amide bonds. The molecule has 1 rings (SSSR count). The first-order valence-electron chi connectivity index (χ1n) is 3.95. The molecule has 0 saturated carbocycles. The lowest BCUT2D eigenvalue weighted by Crippen LogP contribution is -2.30. The predicted molar refractivity (Wildman–Crippen MR) is 49.1 cm³/mol. The van der Waals surface area contributed by atoms with Crippen LogP contribution in [0.15, 0.2) is 23.1 Å². The van der Waals surface area contributed by atoms with Gasteiger partial charge in [-0.2, -0.15) is 0 Å². The van der Waals surface area contributed by atoms with Gasteiger partial charge < -0.3 is 10.7 Å². The van der Waals surface area contributed by atoms with Gasteiger partial charge in [-0.15, -0.1) is 0 Å². The summed E-state index contributed by atoms with van der Waals surface area (Å²) in [6.07, 6.45) is 1.65. The Labute approximate surface area is 71.6 Å². The Hall–Kier alpha value is -1.09. The summed E-state index contributed by atoms with van der Waals surface area (Å²) in [6, 6.07) is 3.09. The van der Waals surface area contributed by atoms with Crippen molar-refractivity contribution in [2.45, 2.75) is 19.3 Å². The molecule has 66 valence electrons. The lowest BCUT2D eigenvalue weighted by molar-refractivity contribution is 0.521. The summed E-state index contributed by atoms with van der Waals surface area (Å²) < 4.78 is 0. The number of hydrogen-bond donors (Lipinski definition) is 2. The van der Waals surface area contributed by atoms with Crippen LogP contribution in [-0.4, -0.2) is 11.5 Å². The highest BCUT2D eigenvalue weighted by Gasteiger charge is 2.18. The lowest BCUT2D eigenvalue weighted by Gasteiger charge is -2.21. The van der Waals surface area contributed by atoms with Gasteiger partial charge in [0.1, 0.15) is 0 Å². The summed E-state index contributed by atoms with van der Waals surface area (Å²) in [5.41, 5.74) is 6.32. The Kier molecular flexibility index (Phi) is 2.33. The molecule has 12 heavy (non-hydrogen) atoms. The molecule has 0 radical (unpaired) electrons. The first-order chi connectivity index (χ1) is 5.56. The van der Waals surface area contributed by atoms with Crippen LogP contribution in [0.1, 0.15) is 19.5 Å². The average molecular weight is 166 g/mol. The molecule has 0 aromatic carbocycles. The lowest BCUT2D eigenvalue weighted by atomic mass is 9.89. The van der Waals surface area contributed by atoms with Crippen LogP contribution in [0.5, 0.6) is 0 Å². The summed E-state index contributed by atoms with van der Waals surface area (Å²) in [5, 5.41) is 0. The van der Waals surface area contributed by atoms with E-state index in [2.05, 4.69) is 4.98 Å². The Bertz CT molecular complexity index is 314. The molecule has 3 nitrogen and oxygen atoms in total. The van der Waals surface area contributed by atoms with Crippen LogP contribution >= 0.6 is 0 Å². The van der Waals surface area contributed by atoms with Crippen LogP contribution in [0.25, 0.3) is 0 Å². The van der Waals surface area contributed by atoms with Crippen molar-refractivity contribution in [3.63, 3.8) is 0 Å². The minimum atomic E-state index is -0.152. The monoisotopic (exact) mass is 166 g/mol. The maximum Gasteiger partial charge on any atom is 0.181 e. The van der Waals surface area contributed by atoms with Gasteiger partial charge in [-0.3, -0.25) is 4.79 Å². The molecule has 0 fully saturated rings. The molecule has 0 aliphatic carbocycles. The molecule has 0 aliphatic heterocycles. The Balaban J connectivity index is 3.11. The molecule has 3 heteroatoms. The minimum absolute atomic E-state index is 0.0188. The maximum atomic E-state index is 11.0. The van der Waals surface area contributed by atoms with Crippen molar-refractivity contribution < 1.29 is 0 Å². The summed E-state index contributed by atoms with van der Waals surface area (Å²) in [5.74, 6) is 0. The van der Waals surface area contributed by atoms with Gasteiger partial charge in [0.05, 0.1) is 0 Å². The number of rotatable bonds is 2. The second-order valence-electron chi connectivity index (χ2n) is 3.53.